The second kappa shape index (κ2) is 19.2. The van der Waals surface area contributed by atoms with Crippen LogP contribution in [0.3, 0.4) is 0 Å². The second-order valence-corrected chi connectivity index (χ2v) is 9.10. The fourth-order valence-electron chi connectivity index (χ4n) is 1.49. The number of nitrogens with zero attached hydrogens (tertiary/aromatic N) is 1. The molecule has 1 rings (SSSR count). The molecule has 184 valence electrons. The Hall–Kier alpha value is -2.51. The third-order valence-corrected chi connectivity index (χ3v) is 3.03. The number of hydrogen-bond acceptors (Lipinski definition) is 4. The summed E-state index contributed by atoms with van der Waals surface area (Å²) in [5, 5.41) is 17.6. The summed E-state index contributed by atoms with van der Waals surface area (Å²) in [6.07, 6.45) is 3.95. The molecule has 0 fully saturated rings. The molecule has 0 aliphatic carbocycles. The van der Waals surface area contributed by atoms with E-state index in [0.29, 0.717) is 24.9 Å². The molecule has 32 heavy (non-hydrogen) atoms. The average Bonchev–Trinajstić information content (AvgIpc) is 2.64. The molecule has 0 aliphatic rings. The van der Waals surface area contributed by atoms with Gasteiger partial charge in [0, 0.05) is 25.2 Å². The molecule has 4 N–H and O–H groups in total. The minimum atomic E-state index is -0.544. The lowest BCUT2D eigenvalue weighted by molar-refractivity contribution is -0.106. The van der Waals surface area contributed by atoms with Crippen LogP contribution in [0.15, 0.2) is 53.7 Å². The molecule has 1 amide bonds. The van der Waals surface area contributed by atoms with Crippen LogP contribution < -0.4 is 5.73 Å². The number of aliphatic imine (C=N–C) groups is 1. The Morgan fingerprint density at radius 3 is 1.94 bits per heavy atom. The Kier molecular flexibility index (Phi) is 20.5. The van der Waals surface area contributed by atoms with Crippen LogP contribution >= 0.6 is 0 Å². The highest BCUT2D eigenvalue weighted by atomic mass is 19.1. The smallest absolute Gasteiger partial charge is 0.234 e. The third-order valence-electron chi connectivity index (χ3n) is 3.03. The molecule has 0 bridgehead atoms. The average molecular weight is 455 g/mol. The Morgan fingerprint density at radius 1 is 1.19 bits per heavy atom. The van der Waals surface area contributed by atoms with E-state index < -0.39 is 5.41 Å². The van der Waals surface area contributed by atoms with E-state index in [-0.39, 0.29) is 24.0 Å². The lowest BCUT2D eigenvalue weighted by Gasteiger charge is -2.22. The fraction of sp³-hybridized carbons (Fsp3) is 0.520. The molecule has 0 aromatic heterocycles. The van der Waals surface area contributed by atoms with Crippen LogP contribution in [0, 0.1) is 23.6 Å². The first-order chi connectivity index (χ1) is 14.6. The van der Waals surface area contributed by atoms with Crippen molar-refractivity contribution in [2.45, 2.75) is 54.9 Å². The van der Waals surface area contributed by atoms with Gasteiger partial charge in [-0.2, -0.15) is 4.99 Å². The van der Waals surface area contributed by atoms with Crippen LogP contribution in [0.2, 0.25) is 0 Å². The molecule has 0 saturated carbocycles. The minimum Gasteiger partial charge on any atom is -0.512 e. The highest BCUT2D eigenvalue weighted by molar-refractivity contribution is 5.95. The van der Waals surface area contributed by atoms with Crippen LogP contribution in [0.25, 0.3) is 0 Å². The van der Waals surface area contributed by atoms with Crippen molar-refractivity contribution >= 4 is 12.2 Å². The SMILES string of the molecule is C=CCCO.CC(C)(C)C.COCC(C)(C)/C(O)=C/C(N)=NC=O.Cc1ccc(F)cc1. The van der Waals surface area contributed by atoms with Gasteiger partial charge in [0.2, 0.25) is 6.41 Å². The normalized spacial score (nSPS) is 11.6. The number of rotatable bonds is 7. The predicted molar refractivity (Wildman–Crippen MR) is 132 cm³/mol. The Bertz CT molecular complexity index is 649. The third kappa shape index (κ3) is 27.5. The number of amidine groups is 1. The van der Waals surface area contributed by atoms with E-state index in [0.717, 1.165) is 5.56 Å². The van der Waals surface area contributed by atoms with Crippen molar-refractivity contribution in [3.63, 3.8) is 0 Å². The van der Waals surface area contributed by atoms with Gasteiger partial charge in [0.05, 0.1) is 6.61 Å². The van der Waals surface area contributed by atoms with E-state index >= 15 is 0 Å². The maximum atomic E-state index is 12.1. The van der Waals surface area contributed by atoms with Crippen molar-refractivity contribution in [1.29, 1.82) is 0 Å². The molecule has 0 heterocycles. The van der Waals surface area contributed by atoms with E-state index in [4.69, 9.17) is 15.6 Å². The van der Waals surface area contributed by atoms with E-state index in [1.807, 2.05) is 6.92 Å². The van der Waals surface area contributed by atoms with E-state index in [9.17, 15) is 14.3 Å². The first-order valence-electron chi connectivity index (χ1n) is 10.3. The molecule has 6 nitrogen and oxygen atoms in total. The summed E-state index contributed by atoms with van der Waals surface area (Å²) >= 11 is 0. The van der Waals surface area contributed by atoms with Gasteiger partial charge < -0.3 is 20.7 Å². The first-order valence-corrected chi connectivity index (χ1v) is 10.3. The number of benzene rings is 1. The van der Waals surface area contributed by atoms with Crippen molar-refractivity contribution in [2.75, 3.05) is 20.3 Å². The Labute approximate surface area is 193 Å². The summed E-state index contributed by atoms with van der Waals surface area (Å²) in [5.41, 5.74) is 6.36. The summed E-state index contributed by atoms with van der Waals surface area (Å²) in [6, 6.07) is 6.40. The number of aryl methyl sites for hydroxylation is 1. The molecular weight excluding hydrogens is 411 g/mol. The van der Waals surface area contributed by atoms with Gasteiger partial charge in [0.25, 0.3) is 0 Å². The molecule has 7 heteroatoms. The zero-order valence-electron chi connectivity index (χ0n) is 21.0. The lowest BCUT2D eigenvalue weighted by atomic mass is 9.91. The van der Waals surface area contributed by atoms with Crippen LogP contribution in [0.4, 0.5) is 4.39 Å². The maximum absolute atomic E-state index is 12.1. The Morgan fingerprint density at radius 2 is 1.66 bits per heavy atom. The van der Waals surface area contributed by atoms with E-state index in [2.05, 4.69) is 39.3 Å². The number of nitrogens with two attached hydrogens (primary N) is 1. The number of aliphatic hydroxyl groups is 2. The summed E-state index contributed by atoms with van der Waals surface area (Å²) < 4.78 is 17.0. The van der Waals surface area contributed by atoms with E-state index in [1.54, 1.807) is 32.1 Å². The highest BCUT2D eigenvalue weighted by Gasteiger charge is 2.23. The zero-order chi connectivity index (χ0) is 25.8. The lowest BCUT2D eigenvalue weighted by Crippen LogP contribution is -2.23. The molecule has 1 aromatic rings. The van der Waals surface area contributed by atoms with Crippen LogP contribution in [0.5, 0.6) is 0 Å². The Balaban J connectivity index is -0.000000392. The van der Waals surface area contributed by atoms with Crippen molar-refractivity contribution in [3.8, 4) is 0 Å². The first kappa shape index (κ1) is 34.1. The van der Waals surface area contributed by atoms with Gasteiger partial charge in [0.1, 0.15) is 17.4 Å². The summed E-state index contributed by atoms with van der Waals surface area (Å²) in [4.78, 5) is 13.2. The van der Waals surface area contributed by atoms with Gasteiger partial charge in [-0.1, -0.05) is 65.3 Å². The van der Waals surface area contributed by atoms with Gasteiger partial charge in [-0.3, -0.25) is 4.79 Å². The highest BCUT2D eigenvalue weighted by Crippen LogP contribution is 2.23. The number of methoxy groups -OCH3 is 1. The van der Waals surface area contributed by atoms with Crippen molar-refractivity contribution in [3.05, 3.63) is 60.1 Å². The quantitative estimate of drug-likeness (QED) is 0.169. The number of ether oxygens (including phenoxy) is 1. The number of halogens is 1. The van der Waals surface area contributed by atoms with Gasteiger partial charge in [-0.05, 0) is 30.9 Å². The van der Waals surface area contributed by atoms with Crippen LogP contribution in [-0.4, -0.2) is 42.8 Å². The van der Waals surface area contributed by atoms with Gasteiger partial charge in [0.15, 0.2) is 0 Å². The predicted octanol–water partition coefficient (Wildman–Crippen LogP) is 5.36. The topological polar surface area (TPSA) is 105 Å². The largest absolute Gasteiger partial charge is 0.512 e. The summed E-state index contributed by atoms with van der Waals surface area (Å²) in [5.74, 6) is -0.167. The molecule has 0 unspecified atom stereocenters. The number of carbonyl (C=O) groups is 1. The summed E-state index contributed by atoms with van der Waals surface area (Å²) in [7, 11) is 1.54. The summed E-state index contributed by atoms with van der Waals surface area (Å²) in [6.45, 7) is 18.2. The molecule has 0 atom stereocenters. The minimum absolute atomic E-state index is 0.0262. The molecular formula is C25H43FN2O4. The van der Waals surface area contributed by atoms with Gasteiger partial charge >= 0.3 is 0 Å². The van der Waals surface area contributed by atoms with Crippen LogP contribution in [0.1, 0.15) is 53.5 Å². The number of aliphatic hydroxyl groups excluding tert-OH is 2. The van der Waals surface area contributed by atoms with E-state index in [1.165, 1.54) is 25.3 Å². The molecule has 0 aliphatic heterocycles. The molecule has 1 aromatic carbocycles. The van der Waals surface area contributed by atoms with Gasteiger partial charge in [-0.15, -0.1) is 6.58 Å². The van der Waals surface area contributed by atoms with Crippen LogP contribution in [-0.2, 0) is 9.53 Å². The maximum Gasteiger partial charge on any atom is 0.234 e. The monoisotopic (exact) mass is 454 g/mol. The zero-order valence-corrected chi connectivity index (χ0v) is 21.0. The molecule has 0 radical (unpaired) electrons. The van der Waals surface area contributed by atoms with Gasteiger partial charge in [-0.25, -0.2) is 4.39 Å². The second-order valence-electron chi connectivity index (χ2n) is 9.10. The standard InChI is InChI=1S/C9H16N2O3.C7H7F.C5H12.C4H8O/c1-9(2,5-14-3)7(13)4-8(10)11-6-12;1-6-2-4-7(8)5-3-6;1-5(2,3)4;1-2-3-4-5/h4,6,13H,5H2,1-3H3,(H2,10,11,12);2-5H,1H3;1-4H3;2,5H,1,3-4H2/b7-4-;;;. The van der Waals surface area contributed by atoms with Crippen molar-refractivity contribution in [2.24, 2.45) is 21.6 Å². The number of amides is 1. The molecule has 0 saturated heterocycles. The number of hydrogen-bond donors (Lipinski definition) is 3. The number of carbonyl (C=O) groups excluding carboxylic acids is 1. The fourth-order valence-corrected chi connectivity index (χ4v) is 1.49. The van der Waals surface area contributed by atoms with Crippen molar-refractivity contribution in [1.82, 2.24) is 0 Å². The van der Waals surface area contributed by atoms with Crippen molar-refractivity contribution < 1.29 is 24.1 Å². The molecule has 0 spiro atoms.